The van der Waals surface area contributed by atoms with E-state index in [9.17, 15) is 4.79 Å². The van der Waals surface area contributed by atoms with Crippen LogP contribution in [0.2, 0.25) is 0 Å². The van der Waals surface area contributed by atoms with Crippen molar-refractivity contribution in [1.29, 1.82) is 0 Å². The minimum atomic E-state index is -0.166. The Kier molecular flexibility index (Phi) is 4.27. The Morgan fingerprint density at radius 3 is 2.73 bits per heavy atom. The molecule has 2 aromatic carbocycles. The first kappa shape index (κ1) is 16.1. The lowest BCUT2D eigenvalue weighted by Crippen LogP contribution is -2.33. The van der Waals surface area contributed by atoms with Crippen molar-refractivity contribution in [3.8, 4) is 22.6 Å². The van der Waals surface area contributed by atoms with Gasteiger partial charge in [0.05, 0.1) is 13.7 Å². The number of nitrogens with zero attached hydrogens (tertiary/aromatic N) is 1. The first-order valence-corrected chi connectivity index (χ1v) is 8.38. The molecule has 0 atom stereocenters. The lowest BCUT2D eigenvalue weighted by molar-refractivity contribution is 0.284. The van der Waals surface area contributed by atoms with Gasteiger partial charge in [-0.25, -0.2) is 0 Å². The van der Waals surface area contributed by atoms with Crippen molar-refractivity contribution in [2.24, 2.45) is 4.99 Å². The number of ether oxygens (including phenoxy) is 2. The van der Waals surface area contributed by atoms with E-state index in [0.29, 0.717) is 30.1 Å². The number of methoxy groups -OCH3 is 1. The number of nitrogens with one attached hydrogen (secondary N) is 1. The normalized spacial score (nSPS) is 12.0. The highest BCUT2D eigenvalue weighted by molar-refractivity contribution is 5.68. The van der Waals surface area contributed by atoms with Gasteiger partial charge >= 0.3 is 0 Å². The lowest BCUT2D eigenvalue weighted by Gasteiger charge is -2.12. The molecule has 1 aliphatic heterocycles. The molecule has 0 spiro atoms. The van der Waals surface area contributed by atoms with Crippen LogP contribution in [-0.2, 0) is 6.61 Å². The van der Waals surface area contributed by atoms with Gasteiger partial charge in [-0.15, -0.1) is 0 Å². The zero-order chi connectivity index (χ0) is 17.9. The van der Waals surface area contributed by atoms with E-state index in [4.69, 9.17) is 9.47 Å². The second-order valence-corrected chi connectivity index (χ2v) is 5.99. The summed E-state index contributed by atoms with van der Waals surface area (Å²) in [7, 11) is 1.61. The average molecular weight is 346 g/mol. The molecule has 0 aliphatic carbocycles. The topological polar surface area (TPSA) is 63.7 Å². The van der Waals surface area contributed by atoms with Gasteiger partial charge in [0.1, 0.15) is 12.1 Å². The zero-order valence-corrected chi connectivity index (χ0v) is 14.4. The van der Waals surface area contributed by atoms with Crippen LogP contribution in [0.15, 0.2) is 64.4 Å². The fourth-order valence-electron chi connectivity index (χ4n) is 3.04. The van der Waals surface area contributed by atoms with Crippen molar-refractivity contribution < 1.29 is 9.47 Å². The van der Waals surface area contributed by atoms with Gasteiger partial charge in [-0.2, -0.15) is 0 Å². The number of pyridine rings is 1. The van der Waals surface area contributed by atoms with Gasteiger partial charge in [0.15, 0.2) is 11.5 Å². The van der Waals surface area contributed by atoms with Crippen LogP contribution in [0.3, 0.4) is 0 Å². The van der Waals surface area contributed by atoms with Crippen LogP contribution in [0, 0.1) is 0 Å². The van der Waals surface area contributed by atoms with E-state index in [0.717, 1.165) is 21.9 Å². The first-order valence-electron chi connectivity index (χ1n) is 8.38. The number of aromatic nitrogens is 1. The van der Waals surface area contributed by atoms with Gasteiger partial charge in [0, 0.05) is 11.3 Å². The van der Waals surface area contributed by atoms with Gasteiger partial charge in [-0.05, 0) is 28.8 Å². The molecule has 0 radical (unpaired) electrons. The van der Waals surface area contributed by atoms with E-state index in [1.807, 2.05) is 54.6 Å². The molecule has 130 valence electrons. The quantitative estimate of drug-likeness (QED) is 0.769. The van der Waals surface area contributed by atoms with Crippen LogP contribution in [0.1, 0.15) is 5.56 Å². The Morgan fingerprint density at radius 1 is 1.08 bits per heavy atom. The number of benzene rings is 2. The van der Waals surface area contributed by atoms with Crippen molar-refractivity contribution in [3.05, 3.63) is 81.2 Å². The number of hydrogen-bond acceptors (Lipinski definition) is 4. The Hall–Kier alpha value is -3.34. The highest BCUT2D eigenvalue weighted by Gasteiger charge is 2.11. The minimum Gasteiger partial charge on any atom is -0.493 e. The predicted molar refractivity (Wildman–Crippen MR) is 99.9 cm³/mol. The van der Waals surface area contributed by atoms with E-state index < -0.39 is 0 Å². The molecule has 0 fully saturated rings. The van der Waals surface area contributed by atoms with Crippen LogP contribution >= 0.6 is 0 Å². The Morgan fingerprint density at radius 2 is 1.92 bits per heavy atom. The maximum atomic E-state index is 11.9. The standard InChI is InChI=1S/C21H18N2O3/c1-25-19-11-15(17-12-20(24)23-21-16(17)9-10-22-21)7-8-18(19)26-13-14-5-3-2-4-6-14/h2-9,11-12H,10,13H2,1H3,(H,22,23,24). The maximum Gasteiger partial charge on any atom is 0.250 e. The fourth-order valence-corrected chi connectivity index (χ4v) is 3.04. The molecule has 0 saturated carbocycles. The number of aromatic amines is 1. The van der Waals surface area contributed by atoms with Gasteiger partial charge in [-0.1, -0.05) is 42.5 Å². The van der Waals surface area contributed by atoms with Gasteiger partial charge in [0.25, 0.3) is 0 Å². The zero-order valence-electron chi connectivity index (χ0n) is 14.4. The third-order valence-electron chi connectivity index (χ3n) is 4.32. The number of rotatable bonds is 5. The molecule has 1 aromatic heterocycles. The molecule has 2 heterocycles. The van der Waals surface area contributed by atoms with Crippen LogP contribution in [-0.4, -0.2) is 18.6 Å². The van der Waals surface area contributed by atoms with Gasteiger partial charge in [0.2, 0.25) is 5.56 Å². The first-order chi connectivity index (χ1) is 12.7. The smallest absolute Gasteiger partial charge is 0.250 e. The fraction of sp³-hybridized carbons (Fsp3) is 0.143. The van der Waals surface area contributed by atoms with E-state index in [2.05, 4.69) is 9.98 Å². The highest BCUT2D eigenvalue weighted by Crippen LogP contribution is 2.31. The van der Waals surface area contributed by atoms with Crippen LogP contribution in [0.5, 0.6) is 11.5 Å². The van der Waals surface area contributed by atoms with E-state index in [1.54, 1.807) is 13.2 Å². The second kappa shape index (κ2) is 6.88. The number of hydrogen-bond donors (Lipinski definition) is 1. The van der Waals surface area contributed by atoms with Crippen LogP contribution in [0.4, 0.5) is 0 Å². The molecule has 5 nitrogen and oxygen atoms in total. The second-order valence-electron chi connectivity index (χ2n) is 5.99. The maximum absolute atomic E-state index is 11.9. The van der Waals surface area contributed by atoms with Crippen LogP contribution in [0.25, 0.3) is 17.2 Å². The summed E-state index contributed by atoms with van der Waals surface area (Å²) in [6.45, 7) is 1.04. The molecule has 0 unspecified atom stereocenters. The molecule has 5 heteroatoms. The molecule has 3 aromatic rings. The predicted octanol–water partition coefficient (Wildman–Crippen LogP) is 2.04. The Bertz CT molecular complexity index is 1120. The average Bonchev–Trinajstić information content (AvgIpc) is 3.14. The summed E-state index contributed by atoms with van der Waals surface area (Å²) in [6, 6.07) is 17.3. The summed E-state index contributed by atoms with van der Waals surface area (Å²) in [5, 5.41) is 0.949. The molecular formula is C21H18N2O3. The molecule has 26 heavy (non-hydrogen) atoms. The summed E-state index contributed by atoms with van der Waals surface area (Å²) in [5.74, 6) is 1.29. The summed E-state index contributed by atoms with van der Waals surface area (Å²) < 4.78 is 11.4. The lowest BCUT2D eigenvalue weighted by atomic mass is 10.0. The van der Waals surface area contributed by atoms with Crippen molar-refractivity contribution in [2.75, 3.05) is 13.7 Å². The number of fused-ring (bicyclic) bond motifs is 1. The molecule has 0 amide bonds. The third-order valence-corrected chi connectivity index (χ3v) is 4.32. The largest absolute Gasteiger partial charge is 0.493 e. The summed E-state index contributed by atoms with van der Waals surface area (Å²) in [6.07, 6.45) is 2.01. The van der Waals surface area contributed by atoms with Crippen LogP contribution < -0.4 is 25.7 Å². The Labute approximate surface area is 150 Å². The summed E-state index contributed by atoms with van der Waals surface area (Å²) in [4.78, 5) is 19.0. The summed E-state index contributed by atoms with van der Waals surface area (Å²) in [5.41, 5.74) is 3.29. The molecule has 4 rings (SSSR count). The Balaban J connectivity index is 1.69. The van der Waals surface area contributed by atoms with Crippen molar-refractivity contribution in [2.45, 2.75) is 6.61 Å². The molecule has 1 aliphatic rings. The highest BCUT2D eigenvalue weighted by atomic mass is 16.5. The third kappa shape index (κ3) is 3.11. The van der Waals surface area contributed by atoms with Crippen molar-refractivity contribution in [3.63, 3.8) is 0 Å². The summed E-state index contributed by atoms with van der Waals surface area (Å²) >= 11 is 0. The SMILES string of the molecule is COc1cc(-c2cc(=O)[nH]c3c2=CCN=3)ccc1OCc1ccccc1. The number of H-pyrrole nitrogens is 1. The van der Waals surface area contributed by atoms with Gasteiger partial charge in [-0.3, -0.25) is 9.79 Å². The van der Waals surface area contributed by atoms with Gasteiger partial charge < -0.3 is 14.5 Å². The van der Waals surface area contributed by atoms with E-state index >= 15 is 0 Å². The molecule has 0 saturated heterocycles. The van der Waals surface area contributed by atoms with E-state index in [1.165, 1.54) is 0 Å². The van der Waals surface area contributed by atoms with E-state index in [-0.39, 0.29) is 5.56 Å². The van der Waals surface area contributed by atoms with Crippen molar-refractivity contribution >= 4 is 6.08 Å². The van der Waals surface area contributed by atoms with Crippen molar-refractivity contribution in [1.82, 2.24) is 4.98 Å². The monoisotopic (exact) mass is 346 g/mol. The minimum absolute atomic E-state index is 0.166. The molecular weight excluding hydrogens is 328 g/mol. The molecule has 0 bridgehead atoms. The molecule has 1 N–H and O–H groups in total.